The normalized spacial score (nSPS) is 14.5. The zero-order valence-corrected chi connectivity index (χ0v) is 17.0. The molecule has 0 atom stereocenters. The van der Waals surface area contributed by atoms with Crippen molar-refractivity contribution in [1.82, 2.24) is 15.1 Å². The first-order valence-electron chi connectivity index (χ1n) is 9.24. The van der Waals surface area contributed by atoms with Gasteiger partial charge in [-0.1, -0.05) is 0 Å². The summed E-state index contributed by atoms with van der Waals surface area (Å²) < 4.78 is 38.0. The molecule has 1 saturated heterocycles. The summed E-state index contributed by atoms with van der Waals surface area (Å²) in [4.78, 5) is 40.8. The molecule has 1 aliphatic heterocycles. The van der Waals surface area contributed by atoms with E-state index in [9.17, 15) is 27.6 Å². The summed E-state index contributed by atoms with van der Waals surface area (Å²) in [5.74, 6) is -0.648. The summed E-state index contributed by atoms with van der Waals surface area (Å²) in [7, 11) is 0. The van der Waals surface area contributed by atoms with Crippen molar-refractivity contribution in [3.05, 3.63) is 57.3 Å². The first-order chi connectivity index (χ1) is 14.1. The van der Waals surface area contributed by atoms with Gasteiger partial charge in [-0.15, -0.1) is 11.3 Å². The van der Waals surface area contributed by atoms with E-state index in [1.54, 1.807) is 17.0 Å². The number of halogens is 3. The van der Waals surface area contributed by atoms with Crippen LogP contribution in [0.5, 0.6) is 0 Å². The number of nitrogens with zero attached hydrogens (tertiary/aromatic N) is 2. The Morgan fingerprint density at radius 2 is 1.50 bits per heavy atom. The molecule has 160 valence electrons. The van der Waals surface area contributed by atoms with Crippen molar-refractivity contribution >= 4 is 29.1 Å². The number of rotatable bonds is 4. The minimum atomic E-state index is -4.45. The number of nitrogens with one attached hydrogen (secondary N) is 1. The molecule has 1 N–H and O–H groups in total. The maximum absolute atomic E-state index is 12.7. The van der Waals surface area contributed by atoms with Crippen LogP contribution in [0, 0.1) is 0 Å². The summed E-state index contributed by atoms with van der Waals surface area (Å²) >= 11 is 1.31. The average molecular weight is 439 g/mol. The molecule has 1 aliphatic rings. The molecule has 0 spiro atoms. The third kappa shape index (κ3) is 5.18. The van der Waals surface area contributed by atoms with Gasteiger partial charge in [0.05, 0.1) is 17.0 Å². The standard InChI is InChI=1S/C20H20F3N3O3S/c1-13(27)24-12-16-6-7-17(30-16)19(29)26-10-8-25(9-11-26)18(28)14-2-4-15(5-3-14)20(21,22)23/h2-7H,8-12H2,1H3,(H,24,27). The number of thiophene rings is 1. The number of alkyl halides is 3. The lowest BCUT2D eigenvalue weighted by molar-refractivity contribution is -0.137. The molecule has 0 radical (unpaired) electrons. The van der Waals surface area contributed by atoms with Crippen LogP contribution >= 0.6 is 11.3 Å². The van der Waals surface area contributed by atoms with E-state index in [0.717, 1.165) is 17.0 Å². The first kappa shape index (κ1) is 21.8. The number of piperazine rings is 1. The highest BCUT2D eigenvalue weighted by atomic mass is 32.1. The molecule has 0 aliphatic carbocycles. The fraction of sp³-hybridized carbons (Fsp3) is 0.350. The van der Waals surface area contributed by atoms with Crippen molar-refractivity contribution in [3.8, 4) is 0 Å². The Hall–Kier alpha value is -2.88. The van der Waals surface area contributed by atoms with Gasteiger partial charge in [0.15, 0.2) is 0 Å². The van der Waals surface area contributed by atoms with E-state index in [1.807, 2.05) is 0 Å². The minimum absolute atomic E-state index is 0.143. The Morgan fingerprint density at radius 1 is 0.933 bits per heavy atom. The highest BCUT2D eigenvalue weighted by Gasteiger charge is 2.31. The maximum Gasteiger partial charge on any atom is 0.416 e. The summed E-state index contributed by atoms with van der Waals surface area (Å²) in [6.07, 6.45) is -4.45. The van der Waals surface area contributed by atoms with Crippen LogP contribution in [0.1, 0.15) is 37.4 Å². The van der Waals surface area contributed by atoms with Gasteiger partial charge in [-0.3, -0.25) is 14.4 Å². The Balaban J connectivity index is 1.56. The van der Waals surface area contributed by atoms with E-state index >= 15 is 0 Å². The van der Waals surface area contributed by atoms with Gasteiger partial charge in [0, 0.05) is 43.5 Å². The van der Waals surface area contributed by atoms with E-state index in [4.69, 9.17) is 0 Å². The monoisotopic (exact) mass is 439 g/mol. The second-order valence-electron chi connectivity index (χ2n) is 6.84. The number of carbonyl (C=O) groups is 3. The predicted molar refractivity (Wildman–Crippen MR) is 105 cm³/mol. The Bertz CT molecular complexity index is 933. The van der Waals surface area contributed by atoms with Crippen LogP contribution in [0.15, 0.2) is 36.4 Å². The molecule has 2 heterocycles. The van der Waals surface area contributed by atoms with Crippen LogP contribution < -0.4 is 5.32 Å². The van der Waals surface area contributed by atoms with Crippen LogP contribution in [0.25, 0.3) is 0 Å². The fourth-order valence-electron chi connectivity index (χ4n) is 3.05. The lowest BCUT2D eigenvalue weighted by Gasteiger charge is -2.34. The zero-order valence-electron chi connectivity index (χ0n) is 16.2. The van der Waals surface area contributed by atoms with Gasteiger partial charge in [0.25, 0.3) is 11.8 Å². The molecule has 0 bridgehead atoms. The fourth-order valence-corrected chi connectivity index (χ4v) is 3.97. The number of carbonyl (C=O) groups excluding carboxylic acids is 3. The SMILES string of the molecule is CC(=O)NCc1ccc(C(=O)N2CCN(C(=O)c3ccc(C(F)(F)F)cc3)CC2)s1. The van der Waals surface area contributed by atoms with E-state index in [-0.39, 0.29) is 23.3 Å². The van der Waals surface area contributed by atoms with E-state index in [2.05, 4.69) is 5.32 Å². The molecule has 1 aromatic heterocycles. The molecular weight excluding hydrogens is 419 g/mol. The highest BCUT2D eigenvalue weighted by Crippen LogP contribution is 2.29. The Morgan fingerprint density at radius 3 is 2.03 bits per heavy atom. The summed E-state index contributed by atoms with van der Waals surface area (Å²) in [6, 6.07) is 7.63. The molecular formula is C20H20F3N3O3S. The van der Waals surface area contributed by atoms with Crippen molar-refractivity contribution in [2.45, 2.75) is 19.6 Å². The highest BCUT2D eigenvalue weighted by molar-refractivity contribution is 7.14. The van der Waals surface area contributed by atoms with Crippen molar-refractivity contribution in [1.29, 1.82) is 0 Å². The lowest BCUT2D eigenvalue weighted by atomic mass is 10.1. The van der Waals surface area contributed by atoms with Crippen LogP contribution in [-0.2, 0) is 17.5 Å². The van der Waals surface area contributed by atoms with E-state index in [1.165, 1.54) is 35.3 Å². The summed E-state index contributed by atoms with van der Waals surface area (Å²) in [5, 5.41) is 2.68. The lowest BCUT2D eigenvalue weighted by Crippen LogP contribution is -2.50. The van der Waals surface area contributed by atoms with Crippen molar-refractivity contribution in [2.24, 2.45) is 0 Å². The van der Waals surface area contributed by atoms with Crippen LogP contribution in [0.2, 0.25) is 0 Å². The Kier molecular flexibility index (Phi) is 6.45. The maximum atomic E-state index is 12.7. The largest absolute Gasteiger partial charge is 0.416 e. The summed E-state index contributed by atoms with van der Waals surface area (Å²) in [5.41, 5.74) is -0.619. The molecule has 3 amide bonds. The molecule has 2 aromatic rings. The minimum Gasteiger partial charge on any atom is -0.351 e. The topological polar surface area (TPSA) is 69.7 Å². The van der Waals surface area contributed by atoms with Crippen LogP contribution in [-0.4, -0.2) is 53.7 Å². The van der Waals surface area contributed by atoms with Gasteiger partial charge in [0.2, 0.25) is 5.91 Å². The van der Waals surface area contributed by atoms with Crippen molar-refractivity contribution < 1.29 is 27.6 Å². The van der Waals surface area contributed by atoms with Gasteiger partial charge in [-0.25, -0.2) is 0 Å². The average Bonchev–Trinajstić information content (AvgIpc) is 3.20. The molecule has 10 heteroatoms. The Labute approximate surface area is 175 Å². The van der Waals surface area contributed by atoms with E-state index in [0.29, 0.717) is 37.6 Å². The van der Waals surface area contributed by atoms with Gasteiger partial charge >= 0.3 is 6.18 Å². The number of hydrogen-bond acceptors (Lipinski definition) is 4. The molecule has 30 heavy (non-hydrogen) atoms. The van der Waals surface area contributed by atoms with Crippen LogP contribution in [0.3, 0.4) is 0 Å². The van der Waals surface area contributed by atoms with Gasteiger partial charge in [0.1, 0.15) is 0 Å². The second kappa shape index (κ2) is 8.86. The summed E-state index contributed by atoms with van der Waals surface area (Å²) in [6.45, 7) is 3.06. The molecule has 6 nitrogen and oxygen atoms in total. The van der Waals surface area contributed by atoms with Gasteiger partial charge in [-0.05, 0) is 36.4 Å². The second-order valence-corrected chi connectivity index (χ2v) is 8.00. The van der Waals surface area contributed by atoms with Gasteiger partial charge in [-0.2, -0.15) is 13.2 Å². The van der Waals surface area contributed by atoms with Crippen LogP contribution in [0.4, 0.5) is 13.2 Å². The molecule has 1 fully saturated rings. The molecule has 0 unspecified atom stereocenters. The zero-order chi connectivity index (χ0) is 21.9. The molecule has 3 rings (SSSR count). The molecule has 0 saturated carbocycles. The van der Waals surface area contributed by atoms with E-state index < -0.39 is 11.7 Å². The predicted octanol–water partition coefficient (Wildman–Crippen LogP) is 3.00. The number of amides is 3. The number of benzene rings is 1. The van der Waals surface area contributed by atoms with Gasteiger partial charge < -0.3 is 15.1 Å². The number of hydrogen-bond donors (Lipinski definition) is 1. The van der Waals surface area contributed by atoms with Crippen molar-refractivity contribution in [3.63, 3.8) is 0 Å². The molecule has 1 aromatic carbocycles. The smallest absolute Gasteiger partial charge is 0.351 e. The first-order valence-corrected chi connectivity index (χ1v) is 10.1. The quantitative estimate of drug-likeness (QED) is 0.796. The third-order valence-corrected chi connectivity index (χ3v) is 5.77. The third-order valence-electron chi connectivity index (χ3n) is 4.70. The van der Waals surface area contributed by atoms with Crippen molar-refractivity contribution in [2.75, 3.05) is 26.2 Å².